The standard InChI is InChI=1S/C22H28FN3O2/c1-17(24-22(27)18-8-9-21(28-2)20(23)16-18)10-11-25-12-14-26(15-13-25)19-6-4-3-5-7-19/h3-9,16-17H,10-15H2,1-2H3,(H,24,27). The van der Waals surface area contributed by atoms with Crippen LogP contribution < -0.4 is 15.0 Å². The van der Waals surface area contributed by atoms with Crippen LogP contribution in [-0.2, 0) is 0 Å². The predicted molar refractivity (Wildman–Crippen MR) is 110 cm³/mol. The molecule has 0 spiro atoms. The Labute approximate surface area is 166 Å². The number of nitrogens with zero attached hydrogens (tertiary/aromatic N) is 2. The first kappa shape index (κ1) is 20.1. The highest BCUT2D eigenvalue weighted by atomic mass is 19.1. The van der Waals surface area contributed by atoms with Crippen LogP contribution in [0.1, 0.15) is 23.7 Å². The lowest BCUT2D eigenvalue weighted by molar-refractivity contribution is 0.0934. The minimum absolute atomic E-state index is 0.0183. The molecule has 1 saturated heterocycles. The van der Waals surface area contributed by atoms with Crippen molar-refractivity contribution in [3.8, 4) is 5.75 Å². The van der Waals surface area contributed by atoms with Gasteiger partial charge >= 0.3 is 0 Å². The molecule has 0 aliphatic carbocycles. The van der Waals surface area contributed by atoms with Gasteiger partial charge in [0.15, 0.2) is 11.6 Å². The average Bonchev–Trinajstić information content (AvgIpc) is 2.73. The molecule has 0 radical (unpaired) electrons. The number of ether oxygens (including phenoxy) is 1. The summed E-state index contributed by atoms with van der Waals surface area (Å²) in [6.45, 7) is 6.96. The second kappa shape index (κ2) is 9.55. The molecule has 5 nitrogen and oxygen atoms in total. The van der Waals surface area contributed by atoms with E-state index in [0.29, 0.717) is 5.56 Å². The summed E-state index contributed by atoms with van der Waals surface area (Å²) in [6.07, 6.45) is 0.857. The van der Waals surface area contributed by atoms with E-state index in [2.05, 4.69) is 39.4 Å². The van der Waals surface area contributed by atoms with E-state index in [1.54, 1.807) is 6.07 Å². The van der Waals surface area contributed by atoms with Crippen LogP contribution in [0.4, 0.5) is 10.1 Å². The van der Waals surface area contributed by atoms with Crippen LogP contribution in [0.3, 0.4) is 0 Å². The van der Waals surface area contributed by atoms with E-state index >= 15 is 0 Å². The van der Waals surface area contributed by atoms with Crippen LogP contribution in [0.5, 0.6) is 5.75 Å². The number of carbonyl (C=O) groups excluding carboxylic acids is 1. The normalized spacial score (nSPS) is 15.9. The summed E-state index contributed by atoms with van der Waals surface area (Å²) >= 11 is 0. The van der Waals surface area contributed by atoms with Gasteiger partial charge in [0.05, 0.1) is 7.11 Å². The summed E-state index contributed by atoms with van der Waals surface area (Å²) < 4.78 is 18.7. The molecule has 1 aliphatic rings. The first-order chi connectivity index (χ1) is 13.6. The molecular weight excluding hydrogens is 357 g/mol. The van der Waals surface area contributed by atoms with Crippen molar-refractivity contribution in [2.24, 2.45) is 0 Å². The number of anilines is 1. The molecule has 2 aromatic carbocycles. The third-order valence-corrected chi connectivity index (χ3v) is 5.16. The van der Waals surface area contributed by atoms with Crippen molar-refractivity contribution in [3.05, 3.63) is 59.9 Å². The van der Waals surface area contributed by atoms with Gasteiger partial charge in [-0.05, 0) is 43.7 Å². The van der Waals surface area contributed by atoms with Crippen LogP contribution >= 0.6 is 0 Å². The average molecular weight is 385 g/mol. The largest absolute Gasteiger partial charge is 0.494 e. The van der Waals surface area contributed by atoms with E-state index in [0.717, 1.165) is 39.1 Å². The van der Waals surface area contributed by atoms with Crippen LogP contribution in [0.15, 0.2) is 48.5 Å². The van der Waals surface area contributed by atoms with Crippen molar-refractivity contribution < 1.29 is 13.9 Å². The van der Waals surface area contributed by atoms with Crippen LogP contribution in [-0.4, -0.2) is 56.7 Å². The van der Waals surface area contributed by atoms with Crippen LogP contribution in [0.2, 0.25) is 0 Å². The molecule has 1 amide bonds. The third-order valence-electron chi connectivity index (χ3n) is 5.16. The van der Waals surface area contributed by atoms with Gasteiger partial charge in [0.1, 0.15) is 0 Å². The van der Waals surface area contributed by atoms with Crippen molar-refractivity contribution in [3.63, 3.8) is 0 Å². The lowest BCUT2D eigenvalue weighted by Crippen LogP contribution is -2.47. The Bertz CT molecular complexity index is 777. The summed E-state index contributed by atoms with van der Waals surface area (Å²) in [5.74, 6) is -0.652. The molecule has 1 unspecified atom stereocenters. The molecule has 2 aromatic rings. The monoisotopic (exact) mass is 385 g/mol. The number of hydrogen-bond acceptors (Lipinski definition) is 4. The Morgan fingerprint density at radius 3 is 2.50 bits per heavy atom. The number of hydrogen-bond donors (Lipinski definition) is 1. The molecule has 0 bridgehead atoms. The molecule has 28 heavy (non-hydrogen) atoms. The number of methoxy groups -OCH3 is 1. The maximum atomic E-state index is 13.8. The minimum atomic E-state index is -0.529. The molecule has 0 saturated carbocycles. The summed E-state index contributed by atoms with van der Waals surface area (Å²) in [7, 11) is 1.40. The quantitative estimate of drug-likeness (QED) is 0.795. The maximum absolute atomic E-state index is 13.8. The number of benzene rings is 2. The van der Waals surface area contributed by atoms with Gasteiger partial charge in [-0.2, -0.15) is 0 Å². The third kappa shape index (κ3) is 5.23. The van der Waals surface area contributed by atoms with Gasteiger partial charge in [0.25, 0.3) is 5.91 Å². The fraction of sp³-hybridized carbons (Fsp3) is 0.409. The van der Waals surface area contributed by atoms with Gasteiger partial charge < -0.3 is 15.0 Å². The molecule has 1 aliphatic heterocycles. The number of amides is 1. The topological polar surface area (TPSA) is 44.8 Å². The molecule has 150 valence electrons. The Kier molecular flexibility index (Phi) is 6.87. The van der Waals surface area contributed by atoms with E-state index in [1.165, 1.54) is 24.9 Å². The van der Waals surface area contributed by atoms with E-state index in [-0.39, 0.29) is 17.7 Å². The molecule has 1 N–H and O–H groups in total. The fourth-order valence-electron chi connectivity index (χ4n) is 3.43. The summed E-state index contributed by atoms with van der Waals surface area (Å²) in [5.41, 5.74) is 1.58. The summed E-state index contributed by atoms with van der Waals surface area (Å²) in [6, 6.07) is 14.8. The zero-order valence-electron chi connectivity index (χ0n) is 16.5. The van der Waals surface area contributed by atoms with Crippen LogP contribution in [0, 0.1) is 5.82 Å². The number of rotatable bonds is 7. The SMILES string of the molecule is COc1ccc(C(=O)NC(C)CCN2CCN(c3ccccc3)CC2)cc1F. The number of carbonyl (C=O) groups is 1. The number of halogens is 1. The van der Waals surface area contributed by atoms with Gasteiger partial charge in [0, 0.05) is 50.0 Å². The smallest absolute Gasteiger partial charge is 0.251 e. The lowest BCUT2D eigenvalue weighted by atomic mass is 10.1. The minimum Gasteiger partial charge on any atom is -0.494 e. The van der Waals surface area contributed by atoms with E-state index < -0.39 is 5.82 Å². The predicted octanol–water partition coefficient (Wildman–Crippen LogP) is 3.16. The number of nitrogens with one attached hydrogen (secondary N) is 1. The first-order valence-electron chi connectivity index (χ1n) is 9.73. The van der Waals surface area contributed by atoms with Crippen molar-refractivity contribution in [2.75, 3.05) is 44.7 Å². The Balaban J connectivity index is 1.41. The second-order valence-corrected chi connectivity index (χ2v) is 7.18. The molecular formula is C22H28FN3O2. The molecule has 6 heteroatoms. The number of para-hydroxylation sites is 1. The van der Waals surface area contributed by atoms with E-state index in [1.807, 2.05) is 13.0 Å². The van der Waals surface area contributed by atoms with Gasteiger partial charge in [-0.1, -0.05) is 18.2 Å². The molecule has 1 heterocycles. The fourth-order valence-corrected chi connectivity index (χ4v) is 3.43. The zero-order chi connectivity index (χ0) is 19.9. The molecule has 3 rings (SSSR count). The zero-order valence-corrected chi connectivity index (χ0v) is 16.5. The van der Waals surface area contributed by atoms with Gasteiger partial charge in [-0.25, -0.2) is 4.39 Å². The highest BCUT2D eigenvalue weighted by molar-refractivity contribution is 5.94. The summed E-state index contributed by atoms with van der Waals surface area (Å²) in [5, 5.41) is 2.95. The van der Waals surface area contributed by atoms with Crippen molar-refractivity contribution >= 4 is 11.6 Å². The Hall–Kier alpha value is -2.60. The van der Waals surface area contributed by atoms with Crippen molar-refractivity contribution in [2.45, 2.75) is 19.4 Å². The molecule has 1 fully saturated rings. The Morgan fingerprint density at radius 2 is 1.86 bits per heavy atom. The first-order valence-corrected chi connectivity index (χ1v) is 9.73. The summed E-state index contributed by atoms with van der Waals surface area (Å²) in [4.78, 5) is 17.1. The van der Waals surface area contributed by atoms with Crippen molar-refractivity contribution in [1.82, 2.24) is 10.2 Å². The highest BCUT2D eigenvalue weighted by Crippen LogP contribution is 2.18. The molecule has 1 atom stereocenters. The van der Waals surface area contributed by atoms with Gasteiger partial charge in [-0.15, -0.1) is 0 Å². The van der Waals surface area contributed by atoms with Gasteiger partial charge in [0.2, 0.25) is 0 Å². The van der Waals surface area contributed by atoms with Crippen molar-refractivity contribution in [1.29, 1.82) is 0 Å². The maximum Gasteiger partial charge on any atom is 0.251 e. The Morgan fingerprint density at radius 1 is 1.14 bits per heavy atom. The van der Waals surface area contributed by atoms with Gasteiger partial charge in [-0.3, -0.25) is 9.69 Å². The second-order valence-electron chi connectivity index (χ2n) is 7.18. The highest BCUT2D eigenvalue weighted by Gasteiger charge is 2.18. The number of piperazine rings is 1. The van der Waals surface area contributed by atoms with E-state index in [9.17, 15) is 9.18 Å². The van der Waals surface area contributed by atoms with E-state index in [4.69, 9.17) is 4.74 Å². The van der Waals surface area contributed by atoms with Crippen LogP contribution in [0.25, 0.3) is 0 Å². The lowest BCUT2D eigenvalue weighted by Gasteiger charge is -2.36. The molecule has 0 aromatic heterocycles.